The summed E-state index contributed by atoms with van der Waals surface area (Å²) in [5.41, 5.74) is 3.69. The molecule has 2 aromatic carbocycles. The number of carbonyl (C=O) groups is 1. The van der Waals surface area contributed by atoms with Crippen LogP contribution in [0.1, 0.15) is 27.0 Å². The molecule has 0 bridgehead atoms. The third-order valence-electron chi connectivity index (χ3n) is 3.42. The summed E-state index contributed by atoms with van der Waals surface area (Å²) in [6, 6.07) is 11.3. The molecule has 0 fully saturated rings. The van der Waals surface area contributed by atoms with Crippen LogP contribution >= 0.6 is 11.6 Å². The van der Waals surface area contributed by atoms with Gasteiger partial charge < -0.3 is 9.64 Å². The lowest BCUT2D eigenvalue weighted by Gasteiger charge is -2.12. The van der Waals surface area contributed by atoms with Gasteiger partial charge in [-0.1, -0.05) is 23.7 Å². The van der Waals surface area contributed by atoms with Crippen LogP contribution in [0.2, 0.25) is 5.02 Å². The van der Waals surface area contributed by atoms with Crippen LogP contribution in [-0.4, -0.2) is 24.9 Å². The number of halogens is 1. The van der Waals surface area contributed by atoms with Crippen LogP contribution < -0.4 is 4.74 Å². The minimum atomic E-state index is -0.00332. The van der Waals surface area contributed by atoms with Crippen LogP contribution in [0.25, 0.3) is 0 Å². The number of carbonyl (C=O) groups excluding carboxylic acids is 1. The van der Waals surface area contributed by atoms with Gasteiger partial charge >= 0.3 is 0 Å². The molecule has 3 nitrogen and oxygen atoms in total. The van der Waals surface area contributed by atoms with Crippen LogP contribution in [0.4, 0.5) is 0 Å². The van der Waals surface area contributed by atoms with Crippen LogP contribution in [0.3, 0.4) is 0 Å². The van der Waals surface area contributed by atoms with Crippen molar-refractivity contribution in [1.82, 2.24) is 4.90 Å². The summed E-state index contributed by atoms with van der Waals surface area (Å²) < 4.78 is 5.80. The number of benzene rings is 2. The maximum absolute atomic E-state index is 11.8. The van der Waals surface area contributed by atoms with Gasteiger partial charge in [-0.2, -0.15) is 0 Å². The summed E-state index contributed by atoms with van der Waals surface area (Å²) in [6.07, 6.45) is 0. The van der Waals surface area contributed by atoms with E-state index in [9.17, 15) is 4.79 Å². The van der Waals surface area contributed by atoms with Crippen molar-refractivity contribution in [3.8, 4) is 5.75 Å². The van der Waals surface area contributed by atoms with Crippen LogP contribution in [-0.2, 0) is 6.61 Å². The minimum Gasteiger partial charge on any atom is -0.489 e. The number of ether oxygens (including phenoxy) is 1. The molecule has 0 aliphatic heterocycles. The molecule has 0 saturated carbocycles. The number of hydrogen-bond acceptors (Lipinski definition) is 2. The second-order valence-electron chi connectivity index (χ2n) is 5.56. The van der Waals surface area contributed by atoms with Gasteiger partial charge in [0.25, 0.3) is 5.91 Å². The first-order valence-corrected chi connectivity index (χ1v) is 7.46. The van der Waals surface area contributed by atoms with E-state index in [1.54, 1.807) is 19.0 Å². The zero-order valence-electron chi connectivity index (χ0n) is 13.3. The Balaban J connectivity index is 2.05. The molecule has 4 heteroatoms. The van der Waals surface area contributed by atoms with Crippen molar-refractivity contribution in [2.75, 3.05) is 14.1 Å². The smallest absolute Gasteiger partial charge is 0.253 e. The maximum Gasteiger partial charge on any atom is 0.253 e. The lowest BCUT2D eigenvalue weighted by Crippen LogP contribution is -2.21. The topological polar surface area (TPSA) is 29.5 Å². The van der Waals surface area contributed by atoms with E-state index in [2.05, 4.69) is 0 Å². The van der Waals surface area contributed by atoms with E-state index in [1.165, 1.54) is 0 Å². The zero-order valence-corrected chi connectivity index (χ0v) is 14.1. The first-order chi connectivity index (χ1) is 10.4. The summed E-state index contributed by atoms with van der Waals surface area (Å²) in [5, 5.41) is 0.777. The molecular weight excluding hydrogens is 298 g/mol. The number of nitrogens with zero attached hydrogens (tertiary/aromatic N) is 1. The van der Waals surface area contributed by atoms with Crippen molar-refractivity contribution in [1.29, 1.82) is 0 Å². The molecule has 2 aromatic rings. The fourth-order valence-corrected chi connectivity index (χ4v) is 2.27. The van der Waals surface area contributed by atoms with Crippen molar-refractivity contribution in [3.63, 3.8) is 0 Å². The summed E-state index contributed by atoms with van der Waals surface area (Å²) in [6.45, 7) is 4.38. The summed E-state index contributed by atoms with van der Waals surface area (Å²) in [4.78, 5) is 13.4. The van der Waals surface area contributed by atoms with E-state index < -0.39 is 0 Å². The highest BCUT2D eigenvalue weighted by Gasteiger charge is 2.08. The molecule has 0 N–H and O–H groups in total. The monoisotopic (exact) mass is 317 g/mol. The fraction of sp³-hybridized carbons (Fsp3) is 0.278. The Morgan fingerprint density at radius 2 is 1.64 bits per heavy atom. The predicted octanol–water partition coefficient (Wildman–Crippen LogP) is 4.24. The van der Waals surface area contributed by atoms with Gasteiger partial charge in [0.15, 0.2) is 0 Å². The second kappa shape index (κ2) is 6.84. The van der Waals surface area contributed by atoms with Crippen molar-refractivity contribution in [3.05, 3.63) is 63.7 Å². The number of aryl methyl sites for hydroxylation is 2. The molecule has 0 heterocycles. The number of rotatable bonds is 4. The summed E-state index contributed by atoms with van der Waals surface area (Å²) in [5.74, 6) is 0.796. The second-order valence-corrected chi connectivity index (χ2v) is 5.93. The third kappa shape index (κ3) is 3.80. The summed E-state index contributed by atoms with van der Waals surface area (Å²) >= 11 is 6.15. The zero-order chi connectivity index (χ0) is 16.3. The minimum absolute atomic E-state index is 0.00332. The van der Waals surface area contributed by atoms with Gasteiger partial charge in [-0.25, -0.2) is 0 Å². The largest absolute Gasteiger partial charge is 0.489 e. The molecular formula is C18H20ClNO2. The molecule has 1 amide bonds. The lowest BCUT2D eigenvalue weighted by atomic mass is 10.1. The molecule has 0 radical (unpaired) electrons. The molecule has 0 atom stereocenters. The predicted molar refractivity (Wildman–Crippen MR) is 89.7 cm³/mol. The standard InChI is InChI=1S/C18H20ClNO2/c1-12-9-16(10-13(2)17(12)19)22-11-14-5-7-15(8-6-14)18(21)20(3)4/h5-10H,11H2,1-4H3. The molecule has 0 aliphatic rings. The molecule has 0 unspecified atom stereocenters. The van der Waals surface area contributed by atoms with Gasteiger partial charge in [-0.3, -0.25) is 4.79 Å². The van der Waals surface area contributed by atoms with Gasteiger partial charge in [0, 0.05) is 24.7 Å². The molecule has 22 heavy (non-hydrogen) atoms. The average molecular weight is 318 g/mol. The van der Waals surface area contributed by atoms with E-state index in [4.69, 9.17) is 16.3 Å². The van der Waals surface area contributed by atoms with Gasteiger partial charge in [0.2, 0.25) is 0 Å². The van der Waals surface area contributed by atoms with E-state index in [0.29, 0.717) is 12.2 Å². The van der Waals surface area contributed by atoms with Crippen molar-refractivity contribution < 1.29 is 9.53 Å². The van der Waals surface area contributed by atoms with Gasteiger partial charge in [-0.15, -0.1) is 0 Å². The molecule has 0 spiro atoms. The quantitative estimate of drug-likeness (QED) is 0.844. The highest BCUT2D eigenvalue weighted by Crippen LogP contribution is 2.26. The molecule has 116 valence electrons. The van der Waals surface area contributed by atoms with E-state index in [-0.39, 0.29) is 5.91 Å². The molecule has 0 aromatic heterocycles. The van der Waals surface area contributed by atoms with E-state index in [1.807, 2.05) is 50.2 Å². The van der Waals surface area contributed by atoms with E-state index >= 15 is 0 Å². The first kappa shape index (κ1) is 16.4. The number of amides is 1. The first-order valence-electron chi connectivity index (χ1n) is 7.08. The van der Waals surface area contributed by atoms with E-state index in [0.717, 1.165) is 27.5 Å². The molecule has 2 rings (SSSR count). The Kier molecular flexibility index (Phi) is 5.09. The average Bonchev–Trinajstić information content (AvgIpc) is 2.50. The normalized spacial score (nSPS) is 10.4. The van der Waals surface area contributed by atoms with Crippen molar-refractivity contribution in [2.45, 2.75) is 20.5 Å². The SMILES string of the molecule is Cc1cc(OCc2ccc(C(=O)N(C)C)cc2)cc(C)c1Cl. The van der Waals surface area contributed by atoms with Gasteiger partial charge in [0.1, 0.15) is 12.4 Å². The maximum atomic E-state index is 11.8. The molecule has 0 aliphatic carbocycles. The van der Waals surface area contributed by atoms with Crippen LogP contribution in [0, 0.1) is 13.8 Å². The van der Waals surface area contributed by atoms with Crippen LogP contribution in [0.5, 0.6) is 5.75 Å². The Hall–Kier alpha value is -2.00. The fourth-order valence-electron chi connectivity index (χ4n) is 2.16. The Morgan fingerprint density at radius 3 is 2.14 bits per heavy atom. The highest BCUT2D eigenvalue weighted by molar-refractivity contribution is 6.32. The van der Waals surface area contributed by atoms with Gasteiger partial charge in [0.05, 0.1) is 0 Å². The highest BCUT2D eigenvalue weighted by atomic mass is 35.5. The van der Waals surface area contributed by atoms with Crippen molar-refractivity contribution >= 4 is 17.5 Å². The Morgan fingerprint density at radius 1 is 1.09 bits per heavy atom. The summed E-state index contributed by atoms with van der Waals surface area (Å²) in [7, 11) is 3.48. The van der Waals surface area contributed by atoms with Crippen LogP contribution in [0.15, 0.2) is 36.4 Å². The Bertz CT molecular complexity index is 655. The van der Waals surface area contributed by atoms with Gasteiger partial charge in [-0.05, 0) is 54.8 Å². The third-order valence-corrected chi connectivity index (χ3v) is 4.02. The van der Waals surface area contributed by atoms with Crippen molar-refractivity contribution in [2.24, 2.45) is 0 Å². The Labute approximate surface area is 136 Å². The number of hydrogen-bond donors (Lipinski definition) is 0. The lowest BCUT2D eigenvalue weighted by molar-refractivity contribution is 0.0827. The molecule has 0 saturated heterocycles.